The molecule has 0 saturated heterocycles. The number of rotatable bonds is 10. The van der Waals surface area contributed by atoms with Gasteiger partial charge < -0.3 is 0 Å². The first kappa shape index (κ1) is 23.7. The molecule has 0 spiro atoms. The summed E-state index contributed by atoms with van der Waals surface area (Å²) in [7, 11) is -4.11. The molecule has 2 rings (SSSR count). The normalized spacial score (nSPS) is 11.1. The number of H-pyrrole nitrogens is 1. The van der Waals surface area contributed by atoms with Gasteiger partial charge in [0.05, 0.1) is 4.90 Å². The summed E-state index contributed by atoms with van der Waals surface area (Å²) in [5.74, 6) is 5.63. The minimum atomic E-state index is -4.11. The predicted molar refractivity (Wildman–Crippen MR) is 119 cm³/mol. The lowest BCUT2D eigenvalue weighted by atomic mass is 10.1. The molecule has 6 nitrogen and oxygen atoms in total. The molecule has 0 unspecified atom stereocenters. The molecule has 0 amide bonds. The van der Waals surface area contributed by atoms with Crippen LogP contribution in [0, 0.1) is 18.8 Å². The van der Waals surface area contributed by atoms with Crippen molar-refractivity contribution in [2.24, 2.45) is 0 Å². The van der Waals surface area contributed by atoms with E-state index in [0.29, 0.717) is 10.4 Å². The van der Waals surface area contributed by atoms with E-state index in [-0.39, 0.29) is 10.5 Å². The van der Waals surface area contributed by atoms with Crippen LogP contribution in [0.15, 0.2) is 44.9 Å². The van der Waals surface area contributed by atoms with Crippen molar-refractivity contribution in [2.75, 3.05) is 0 Å². The maximum atomic E-state index is 12.8. The number of aromatic amines is 1. The first-order valence-corrected chi connectivity index (χ1v) is 12.0. The van der Waals surface area contributed by atoms with Crippen LogP contribution in [0.1, 0.15) is 75.8 Å². The molecule has 7 heteroatoms. The summed E-state index contributed by atoms with van der Waals surface area (Å²) in [5, 5.41) is 0. The van der Waals surface area contributed by atoms with Gasteiger partial charge in [0.25, 0.3) is 15.6 Å². The van der Waals surface area contributed by atoms with Crippen molar-refractivity contribution in [1.29, 1.82) is 0 Å². The van der Waals surface area contributed by atoms with E-state index in [9.17, 15) is 18.0 Å². The number of nitrogens with zero attached hydrogens (tertiary/aromatic N) is 1. The van der Waals surface area contributed by atoms with Crippen LogP contribution >= 0.6 is 0 Å². The third-order valence-electron chi connectivity index (χ3n) is 4.87. The maximum Gasteiger partial charge on any atom is 0.342 e. The fourth-order valence-electron chi connectivity index (χ4n) is 3.05. The SMILES string of the molecule is CCCCCCCCCCC#Cc1cn(S(=O)(=O)c2ccc(C)cc2)c(=O)[nH]c1=O. The van der Waals surface area contributed by atoms with Crippen LogP contribution in [0.2, 0.25) is 0 Å². The second kappa shape index (κ2) is 11.6. The van der Waals surface area contributed by atoms with Gasteiger partial charge in [-0.2, -0.15) is 3.97 Å². The largest absolute Gasteiger partial charge is 0.342 e. The highest BCUT2D eigenvalue weighted by Gasteiger charge is 2.19. The quantitative estimate of drug-likeness (QED) is 0.456. The van der Waals surface area contributed by atoms with Crippen LogP contribution < -0.4 is 11.2 Å². The minimum absolute atomic E-state index is 0.0277. The molecule has 0 aliphatic heterocycles. The van der Waals surface area contributed by atoms with Gasteiger partial charge in [-0.15, -0.1) is 0 Å². The van der Waals surface area contributed by atoms with Gasteiger partial charge in [0.15, 0.2) is 0 Å². The monoisotopic (exact) mass is 430 g/mol. The highest BCUT2D eigenvalue weighted by Crippen LogP contribution is 2.13. The second-order valence-corrected chi connectivity index (χ2v) is 9.26. The first-order valence-electron chi connectivity index (χ1n) is 10.5. The summed E-state index contributed by atoms with van der Waals surface area (Å²) in [5.41, 5.74) is -0.826. The van der Waals surface area contributed by atoms with E-state index >= 15 is 0 Å². The molecule has 0 atom stereocenters. The van der Waals surface area contributed by atoms with E-state index in [4.69, 9.17) is 0 Å². The Kier molecular flexibility index (Phi) is 9.13. The van der Waals surface area contributed by atoms with Crippen molar-refractivity contribution in [3.63, 3.8) is 0 Å². The molecule has 0 bridgehead atoms. The minimum Gasteiger partial charge on any atom is -0.272 e. The lowest BCUT2D eigenvalue weighted by molar-refractivity contribution is 0.579. The molecule has 0 saturated carbocycles. The van der Waals surface area contributed by atoms with Crippen molar-refractivity contribution in [3.05, 3.63) is 62.4 Å². The van der Waals surface area contributed by atoms with Crippen molar-refractivity contribution in [3.8, 4) is 11.8 Å². The van der Waals surface area contributed by atoms with Crippen LogP contribution in [0.4, 0.5) is 0 Å². The molecule has 0 radical (unpaired) electrons. The highest BCUT2D eigenvalue weighted by atomic mass is 32.2. The van der Waals surface area contributed by atoms with Crippen molar-refractivity contribution in [2.45, 2.75) is 76.5 Å². The molecule has 1 aromatic heterocycles. The van der Waals surface area contributed by atoms with Crippen LogP contribution in [0.25, 0.3) is 0 Å². The van der Waals surface area contributed by atoms with Crippen LogP contribution in [0.5, 0.6) is 0 Å². The topological polar surface area (TPSA) is 89.0 Å². The number of unbranched alkanes of at least 4 members (excludes halogenated alkanes) is 8. The molecule has 1 heterocycles. The number of benzene rings is 1. The molecule has 2 aromatic rings. The zero-order chi connectivity index (χ0) is 22.0. The van der Waals surface area contributed by atoms with Crippen molar-refractivity contribution in [1.82, 2.24) is 8.96 Å². The molecule has 162 valence electrons. The summed E-state index contributed by atoms with van der Waals surface area (Å²) in [4.78, 5) is 26.1. The smallest absolute Gasteiger partial charge is 0.272 e. The highest BCUT2D eigenvalue weighted by molar-refractivity contribution is 7.90. The first-order chi connectivity index (χ1) is 14.4. The Labute approximate surface area is 178 Å². The standard InChI is InChI=1S/C23H30N2O4S/c1-3-4-5-6-7-8-9-10-11-12-13-20-18-25(23(27)24-22(20)26)30(28,29)21-16-14-19(2)15-17-21/h14-18H,3-11H2,1-2H3,(H,24,26,27). The Morgan fingerprint density at radius 3 is 2.17 bits per heavy atom. The number of nitrogens with one attached hydrogen (secondary N) is 1. The number of hydrogen-bond donors (Lipinski definition) is 1. The number of hydrogen-bond acceptors (Lipinski definition) is 4. The Morgan fingerprint density at radius 2 is 1.53 bits per heavy atom. The average molecular weight is 431 g/mol. The van der Waals surface area contributed by atoms with Crippen LogP contribution in [0.3, 0.4) is 0 Å². The van der Waals surface area contributed by atoms with Gasteiger partial charge in [-0.25, -0.2) is 13.2 Å². The average Bonchev–Trinajstić information content (AvgIpc) is 2.71. The van der Waals surface area contributed by atoms with Gasteiger partial charge in [0.1, 0.15) is 5.56 Å². The molecule has 30 heavy (non-hydrogen) atoms. The van der Waals surface area contributed by atoms with E-state index in [2.05, 4.69) is 23.7 Å². The van der Waals surface area contributed by atoms with Gasteiger partial charge in [-0.05, 0) is 25.5 Å². The van der Waals surface area contributed by atoms with E-state index in [1.165, 1.54) is 50.7 Å². The van der Waals surface area contributed by atoms with Crippen LogP contribution in [-0.2, 0) is 10.0 Å². The summed E-state index contributed by atoms with van der Waals surface area (Å²) >= 11 is 0. The summed E-state index contributed by atoms with van der Waals surface area (Å²) in [6.07, 6.45) is 11.1. The molecule has 0 aliphatic rings. The Bertz CT molecular complexity index is 1100. The molecular formula is C23H30N2O4S. The van der Waals surface area contributed by atoms with E-state index in [0.717, 1.165) is 24.6 Å². The maximum absolute atomic E-state index is 12.8. The Hall–Kier alpha value is -2.59. The second-order valence-electron chi connectivity index (χ2n) is 7.44. The zero-order valence-electron chi connectivity index (χ0n) is 17.7. The molecule has 1 aromatic carbocycles. The third kappa shape index (κ3) is 6.74. The summed E-state index contributed by atoms with van der Waals surface area (Å²) < 4.78 is 26.1. The fraction of sp³-hybridized carbons (Fsp3) is 0.478. The Morgan fingerprint density at radius 1 is 0.933 bits per heavy atom. The summed E-state index contributed by atoms with van der Waals surface area (Å²) in [6, 6.07) is 6.15. The van der Waals surface area contributed by atoms with E-state index in [1.54, 1.807) is 12.1 Å². The third-order valence-corrected chi connectivity index (χ3v) is 6.52. The molecule has 0 aliphatic carbocycles. The predicted octanol–water partition coefficient (Wildman–Crippen LogP) is 3.96. The van der Waals surface area contributed by atoms with E-state index < -0.39 is 21.3 Å². The van der Waals surface area contributed by atoms with Crippen LogP contribution in [-0.4, -0.2) is 17.4 Å². The number of aryl methyl sites for hydroxylation is 1. The molecule has 1 N–H and O–H groups in total. The van der Waals surface area contributed by atoms with Gasteiger partial charge in [0, 0.05) is 12.6 Å². The van der Waals surface area contributed by atoms with Gasteiger partial charge in [-0.3, -0.25) is 9.78 Å². The molecular weight excluding hydrogens is 400 g/mol. The lowest BCUT2D eigenvalue weighted by Gasteiger charge is -2.07. The number of aromatic nitrogens is 2. The van der Waals surface area contributed by atoms with Crippen molar-refractivity contribution >= 4 is 10.0 Å². The van der Waals surface area contributed by atoms with Gasteiger partial charge in [-0.1, -0.05) is 81.4 Å². The molecule has 0 fully saturated rings. The Balaban J connectivity index is 2.04. The van der Waals surface area contributed by atoms with Gasteiger partial charge >= 0.3 is 5.69 Å². The van der Waals surface area contributed by atoms with Gasteiger partial charge in [0.2, 0.25) is 0 Å². The van der Waals surface area contributed by atoms with Crippen molar-refractivity contribution < 1.29 is 8.42 Å². The zero-order valence-corrected chi connectivity index (χ0v) is 18.6. The summed E-state index contributed by atoms with van der Waals surface area (Å²) in [6.45, 7) is 4.04. The fourth-order valence-corrected chi connectivity index (χ4v) is 4.27. The lowest BCUT2D eigenvalue weighted by Crippen LogP contribution is -2.35. The van der Waals surface area contributed by atoms with E-state index in [1.807, 2.05) is 6.92 Å².